The van der Waals surface area contributed by atoms with Crippen LogP contribution in [0.2, 0.25) is 0 Å². The predicted octanol–water partition coefficient (Wildman–Crippen LogP) is 2.65. The van der Waals surface area contributed by atoms with E-state index in [-0.39, 0.29) is 0 Å². The highest BCUT2D eigenvalue weighted by Gasteiger charge is 1.99. The summed E-state index contributed by atoms with van der Waals surface area (Å²) in [5.74, 6) is 0. The van der Waals surface area contributed by atoms with Crippen molar-refractivity contribution in [2.24, 2.45) is 0 Å². The van der Waals surface area contributed by atoms with Crippen molar-refractivity contribution >= 4 is 0 Å². The molecule has 0 N–H and O–H groups in total. The van der Waals surface area contributed by atoms with Gasteiger partial charge in [-0.05, 0) is 6.54 Å². The summed E-state index contributed by atoms with van der Waals surface area (Å²) in [6, 6.07) is 0. The summed E-state index contributed by atoms with van der Waals surface area (Å²) in [4.78, 5) is 2.30. The molecule has 0 bridgehead atoms. The lowest BCUT2D eigenvalue weighted by atomic mass is 10.5. The number of rotatable bonds is 7. The van der Waals surface area contributed by atoms with Crippen molar-refractivity contribution in [1.82, 2.24) is 4.90 Å². The van der Waals surface area contributed by atoms with Crippen LogP contribution in [0.3, 0.4) is 0 Å². The molecule has 0 saturated heterocycles. The lowest BCUT2D eigenvalue weighted by Gasteiger charge is -2.18. The minimum Gasteiger partial charge on any atom is -0.383 e. The number of likely N-dealkylation sites (N-methyl/N-ethyl adjacent to an activating group) is 1. The summed E-state index contributed by atoms with van der Waals surface area (Å²) in [7, 11) is 3.45. The molecule has 96 valence electrons. The van der Waals surface area contributed by atoms with Gasteiger partial charge in [-0.25, -0.2) is 0 Å². The molecule has 0 atom stereocenters. The summed E-state index contributed by atoms with van der Waals surface area (Å²) >= 11 is 0. The molecule has 0 aliphatic carbocycles. The largest absolute Gasteiger partial charge is 0.383 e. The molecule has 0 aromatic rings. The molecule has 0 aliphatic rings. The van der Waals surface area contributed by atoms with Gasteiger partial charge in [0.25, 0.3) is 0 Å². The maximum atomic E-state index is 4.97. The van der Waals surface area contributed by atoms with Crippen LogP contribution in [-0.2, 0) is 9.47 Å². The fourth-order valence-electron chi connectivity index (χ4n) is 0.869. The zero-order valence-corrected chi connectivity index (χ0v) is 11.8. The number of hydrogen-bond acceptors (Lipinski definition) is 3. The second kappa shape index (κ2) is 23.6. The average Bonchev–Trinajstić information content (AvgIpc) is 2.34. The van der Waals surface area contributed by atoms with Gasteiger partial charge < -0.3 is 9.47 Å². The van der Waals surface area contributed by atoms with Gasteiger partial charge in [0.1, 0.15) is 0 Å². The standard InChI is InChI=1S/C8H19NO2.2C2H6/c1-4-9(5-7-10-2)6-8-11-3;2*1-2/h4-8H2,1-3H3;2*1-2H3. The quantitative estimate of drug-likeness (QED) is 0.660. The second-order valence-electron chi connectivity index (χ2n) is 2.42. The molecule has 3 heteroatoms. The summed E-state index contributed by atoms with van der Waals surface area (Å²) in [5.41, 5.74) is 0. The van der Waals surface area contributed by atoms with E-state index in [1.165, 1.54) is 0 Å². The van der Waals surface area contributed by atoms with Gasteiger partial charge in [-0.15, -0.1) is 0 Å². The van der Waals surface area contributed by atoms with E-state index in [0.717, 1.165) is 32.8 Å². The Balaban J connectivity index is -0.000000318. The van der Waals surface area contributed by atoms with E-state index >= 15 is 0 Å². The molecule has 0 unspecified atom stereocenters. The predicted molar refractivity (Wildman–Crippen MR) is 68.6 cm³/mol. The Morgan fingerprint density at radius 1 is 0.800 bits per heavy atom. The van der Waals surface area contributed by atoms with Gasteiger partial charge >= 0.3 is 0 Å². The van der Waals surface area contributed by atoms with Gasteiger partial charge in [-0.3, -0.25) is 4.90 Å². The van der Waals surface area contributed by atoms with Gasteiger partial charge in [0.05, 0.1) is 13.2 Å². The van der Waals surface area contributed by atoms with Crippen LogP contribution in [0.1, 0.15) is 34.6 Å². The molecule has 0 radical (unpaired) electrons. The van der Waals surface area contributed by atoms with Crippen molar-refractivity contribution in [3.8, 4) is 0 Å². The van der Waals surface area contributed by atoms with Crippen LogP contribution in [0.15, 0.2) is 0 Å². The van der Waals surface area contributed by atoms with Crippen molar-refractivity contribution in [1.29, 1.82) is 0 Å². The summed E-state index contributed by atoms with van der Waals surface area (Å²) in [5, 5.41) is 0. The first-order valence-corrected chi connectivity index (χ1v) is 6.05. The molecule has 0 heterocycles. The van der Waals surface area contributed by atoms with Gasteiger partial charge in [-0.2, -0.15) is 0 Å². The van der Waals surface area contributed by atoms with E-state index in [0.29, 0.717) is 0 Å². The maximum absolute atomic E-state index is 4.97. The summed E-state index contributed by atoms with van der Waals surface area (Å²) < 4.78 is 9.94. The Morgan fingerprint density at radius 2 is 1.13 bits per heavy atom. The SMILES string of the molecule is CC.CC.CCN(CCOC)CCOC. The maximum Gasteiger partial charge on any atom is 0.0589 e. The molecule has 0 rings (SSSR count). The van der Waals surface area contributed by atoms with Crippen molar-refractivity contribution in [3.05, 3.63) is 0 Å². The van der Waals surface area contributed by atoms with Crippen molar-refractivity contribution in [2.45, 2.75) is 34.6 Å². The van der Waals surface area contributed by atoms with E-state index < -0.39 is 0 Å². The number of ether oxygens (including phenoxy) is 2. The van der Waals surface area contributed by atoms with Crippen molar-refractivity contribution in [2.75, 3.05) is 47.1 Å². The summed E-state index contributed by atoms with van der Waals surface area (Å²) in [6.07, 6.45) is 0. The van der Waals surface area contributed by atoms with Crippen LogP contribution < -0.4 is 0 Å². The van der Waals surface area contributed by atoms with Gasteiger partial charge in [0, 0.05) is 27.3 Å². The number of methoxy groups -OCH3 is 2. The van der Waals surface area contributed by atoms with E-state index in [1.807, 2.05) is 27.7 Å². The Hall–Kier alpha value is -0.120. The van der Waals surface area contributed by atoms with Crippen molar-refractivity contribution in [3.63, 3.8) is 0 Å². The first-order valence-electron chi connectivity index (χ1n) is 6.05. The first-order chi connectivity index (χ1) is 7.35. The van der Waals surface area contributed by atoms with Crippen LogP contribution in [0.25, 0.3) is 0 Å². The normalized spacial score (nSPS) is 8.80. The molecule has 0 amide bonds. The van der Waals surface area contributed by atoms with E-state index in [4.69, 9.17) is 9.47 Å². The molecule has 0 aromatic heterocycles. The third-order valence-electron chi connectivity index (χ3n) is 1.67. The highest BCUT2D eigenvalue weighted by atomic mass is 16.5. The molecule has 0 aromatic carbocycles. The third-order valence-corrected chi connectivity index (χ3v) is 1.67. The van der Waals surface area contributed by atoms with Gasteiger partial charge in [0.2, 0.25) is 0 Å². The zero-order valence-electron chi connectivity index (χ0n) is 11.8. The minimum atomic E-state index is 0.803. The molecule has 0 spiro atoms. The Morgan fingerprint density at radius 3 is 1.33 bits per heavy atom. The molecule has 0 fully saturated rings. The second-order valence-corrected chi connectivity index (χ2v) is 2.42. The van der Waals surface area contributed by atoms with Crippen LogP contribution in [0.4, 0.5) is 0 Å². The Labute approximate surface area is 96.8 Å². The highest BCUT2D eigenvalue weighted by molar-refractivity contribution is 4.52. The Bertz CT molecular complexity index is 72.0. The topological polar surface area (TPSA) is 21.7 Å². The zero-order chi connectivity index (χ0) is 12.5. The van der Waals surface area contributed by atoms with Gasteiger partial charge in [-0.1, -0.05) is 34.6 Å². The monoisotopic (exact) mass is 221 g/mol. The van der Waals surface area contributed by atoms with Crippen LogP contribution >= 0.6 is 0 Å². The molecule has 15 heavy (non-hydrogen) atoms. The first kappa shape index (κ1) is 20.3. The van der Waals surface area contributed by atoms with E-state index in [9.17, 15) is 0 Å². The fourth-order valence-corrected chi connectivity index (χ4v) is 0.869. The minimum absolute atomic E-state index is 0.803. The molecule has 0 aliphatic heterocycles. The smallest absolute Gasteiger partial charge is 0.0589 e. The average molecular weight is 221 g/mol. The molecule has 3 nitrogen and oxygen atoms in total. The van der Waals surface area contributed by atoms with E-state index in [2.05, 4.69) is 11.8 Å². The number of nitrogens with zero attached hydrogens (tertiary/aromatic N) is 1. The molecular weight excluding hydrogens is 190 g/mol. The van der Waals surface area contributed by atoms with Crippen molar-refractivity contribution < 1.29 is 9.47 Å². The highest BCUT2D eigenvalue weighted by Crippen LogP contribution is 1.86. The van der Waals surface area contributed by atoms with Gasteiger partial charge in [0.15, 0.2) is 0 Å². The molecule has 0 saturated carbocycles. The van der Waals surface area contributed by atoms with Crippen LogP contribution in [0, 0.1) is 0 Å². The lowest BCUT2D eigenvalue weighted by Crippen LogP contribution is -2.30. The molecular formula is C12H31NO2. The fraction of sp³-hybridized carbons (Fsp3) is 1.00. The number of hydrogen-bond donors (Lipinski definition) is 0. The third kappa shape index (κ3) is 20.1. The van der Waals surface area contributed by atoms with Crippen LogP contribution in [-0.4, -0.2) is 52.0 Å². The Kier molecular flexibility index (Phi) is 31.9. The van der Waals surface area contributed by atoms with E-state index in [1.54, 1.807) is 14.2 Å². The lowest BCUT2D eigenvalue weighted by molar-refractivity contribution is 0.117. The summed E-state index contributed by atoms with van der Waals surface area (Å²) in [6.45, 7) is 14.8. The van der Waals surface area contributed by atoms with Crippen LogP contribution in [0.5, 0.6) is 0 Å².